The average molecular weight is 235 g/mol. The highest BCUT2D eigenvalue weighted by Crippen LogP contribution is 2.13. The molecule has 0 spiro atoms. The van der Waals surface area contributed by atoms with Crippen molar-refractivity contribution in [3.8, 4) is 0 Å². The van der Waals surface area contributed by atoms with E-state index in [9.17, 15) is 4.79 Å². The molecule has 94 valence electrons. The first kappa shape index (κ1) is 13.6. The second-order valence-corrected chi connectivity index (χ2v) is 4.72. The summed E-state index contributed by atoms with van der Waals surface area (Å²) in [6.07, 6.45) is 3.41. The summed E-state index contributed by atoms with van der Waals surface area (Å²) in [6, 6.07) is 1.91. The van der Waals surface area contributed by atoms with E-state index < -0.39 is 0 Å². The molecule has 1 rings (SSSR count). The maximum Gasteiger partial charge on any atom is 0.252 e. The Kier molecular flexibility index (Phi) is 5.10. The minimum Gasteiger partial charge on any atom is -0.351 e. The van der Waals surface area contributed by atoms with E-state index in [0.29, 0.717) is 18.0 Å². The van der Waals surface area contributed by atoms with Crippen LogP contribution in [0.4, 0.5) is 0 Å². The van der Waals surface area contributed by atoms with Gasteiger partial charge in [-0.05, 0) is 31.6 Å². The zero-order valence-corrected chi connectivity index (χ0v) is 11.0. The molecule has 0 aliphatic carbocycles. The van der Waals surface area contributed by atoms with Gasteiger partial charge < -0.3 is 10.2 Å². The van der Waals surface area contributed by atoms with Crippen LogP contribution in [0.1, 0.15) is 35.7 Å². The molecule has 17 heavy (non-hydrogen) atoms. The van der Waals surface area contributed by atoms with E-state index >= 15 is 0 Å². The first-order chi connectivity index (χ1) is 8.00. The van der Waals surface area contributed by atoms with Crippen LogP contribution in [-0.2, 0) is 0 Å². The topological polar surface area (TPSA) is 45.2 Å². The van der Waals surface area contributed by atoms with E-state index in [4.69, 9.17) is 0 Å². The van der Waals surface area contributed by atoms with Crippen LogP contribution < -0.4 is 5.32 Å². The van der Waals surface area contributed by atoms with E-state index in [1.807, 2.05) is 25.1 Å². The Morgan fingerprint density at radius 2 is 2.12 bits per heavy atom. The number of nitrogens with zero attached hydrogens (tertiary/aromatic N) is 2. The monoisotopic (exact) mass is 235 g/mol. The molecule has 0 atom stereocenters. The summed E-state index contributed by atoms with van der Waals surface area (Å²) < 4.78 is 0. The van der Waals surface area contributed by atoms with Crippen molar-refractivity contribution in [3.63, 3.8) is 0 Å². The summed E-state index contributed by atoms with van der Waals surface area (Å²) in [5.41, 5.74) is 1.72. The maximum absolute atomic E-state index is 11.8. The van der Waals surface area contributed by atoms with Crippen LogP contribution in [0.5, 0.6) is 0 Å². The van der Waals surface area contributed by atoms with Crippen molar-refractivity contribution < 1.29 is 4.79 Å². The van der Waals surface area contributed by atoms with Crippen molar-refractivity contribution in [2.24, 2.45) is 0 Å². The molecular formula is C13H21N3O. The number of rotatable bonds is 5. The van der Waals surface area contributed by atoms with Crippen LogP contribution >= 0.6 is 0 Å². The van der Waals surface area contributed by atoms with Crippen molar-refractivity contribution in [2.75, 3.05) is 27.2 Å². The molecule has 4 nitrogen and oxygen atoms in total. The van der Waals surface area contributed by atoms with Gasteiger partial charge in [0.15, 0.2) is 0 Å². The van der Waals surface area contributed by atoms with Crippen LogP contribution in [0.25, 0.3) is 0 Å². The lowest BCUT2D eigenvalue weighted by molar-refractivity contribution is 0.0950. The van der Waals surface area contributed by atoms with E-state index in [1.165, 1.54) is 0 Å². The van der Waals surface area contributed by atoms with E-state index in [2.05, 4.69) is 24.1 Å². The molecule has 4 heteroatoms. The Labute approximate surface area is 103 Å². The van der Waals surface area contributed by atoms with Crippen molar-refractivity contribution in [3.05, 3.63) is 29.6 Å². The summed E-state index contributed by atoms with van der Waals surface area (Å²) in [5.74, 6) is 0.332. The van der Waals surface area contributed by atoms with Crippen LogP contribution in [0.15, 0.2) is 18.5 Å². The zero-order valence-electron chi connectivity index (χ0n) is 11.0. The van der Waals surface area contributed by atoms with Gasteiger partial charge in [-0.1, -0.05) is 13.8 Å². The third kappa shape index (κ3) is 4.53. The fourth-order valence-electron chi connectivity index (χ4n) is 1.39. The molecular weight excluding hydrogens is 214 g/mol. The van der Waals surface area contributed by atoms with Gasteiger partial charge in [0.1, 0.15) is 0 Å². The predicted molar refractivity (Wildman–Crippen MR) is 69.2 cm³/mol. The van der Waals surface area contributed by atoms with Gasteiger partial charge in [-0.3, -0.25) is 9.78 Å². The summed E-state index contributed by atoms with van der Waals surface area (Å²) in [6.45, 7) is 5.66. The second-order valence-electron chi connectivity index (χ2n) is 4.72. The molecule has 0 fully saturated rings. The number of aromatic nitrogens is 1. The van der Waals surface area contributed by atoms with E-state index in [-0.39, 0.29) is 5.91 Å². The zero-order chi connectivity index (χ0) is 12.8. The highest BCUT2D eigenvalue weighted by molar-refractivity contribution is 5.94. The Balaban J connectivity index is 2.59. The minimum atomic E-state index is -0.0538. The SMILES string of the molecule is CC(C)c1cncc(C(=O)NCCN(C)C)c1. The molecule has 1 aromatic rings. The van der Waals surface area contributed by atoms with Gasteiger partial charge in [-0.2, -0.15) is 0 Å². The molecule has 0 radical (unpaired) electrons. The lowest BCUT2D eigenvalue weighted by Crippen LogP contribution is -2.31. The van der Waals surface area contributed by atoms with Crippen LogP contribution in [0.2, 0.25) is 0 Å². The highest BCUT2D eigenvalue weighted by atomic mass is 16.1. The largest absolute Gasteiger partial charge is 0.351 e. The van der Waals surface area contributed by atoms with Gasteiger partial charge in [0.25, 0.3) is 5.91 Å². The molecule has 0 aliphatic rings. The Morgan fingerprint density at radius 1 is 1.41 bits per heavy atom. The molecule has 0 aromatic carbocycles. The van der Waals surface area contributed by atoms with Gasteiger partial charge in [-0.15, -0.1) is 0 Å². The van der Waals surface area contributed by atoms with Gasteiger partial charge in [0, 0.05) is 25.5 Å². The summed E-state index contributed by atoms with van der Waals surface area (Å²) >= 11 is 0. The number of amides is 1. The number of nitrogens with one attached hydrogen (secondary N) is 1. The Bertz CT molecular complexity index is 375. The number of pyridine rings is 1. The maximum atomic E-state index is 11.8. The molecule has 0 bridgehead atoms. The molecule has 1 heterocycles. The lowest BCUT2D eigenvalue weighted by Gasteiger charge is -2.11. The molecule has 1 aromatic heterocycles. The van der Waals surface area contributed by atoms with Crippen molar-refractivity contribution in [2.45, 2.75) is 19.8 Å². The molecule has 1 N–H and O–H groups in total. The molecule has 0 saturated carbocycles. The lowest BCUT2D eigenvalue weighted by atomic mass is 10.0. The van der Waals surface area contributed by atoms with Crippen molar-refractivity contribution in [1.29, 1.82) is 0 Å². The number of hydrogen-bond donors (Lipinski definition) is 1. The summed E-state index contributed by atoms with van der Waals surface area (Å²) in [7, 11) is 3.96. The third-order valence-electron chi connectivity index (χ3n) is 2.53. The molecule has 1 amide bonds. The average Bonchev–Trinajstić information content (AvgIpc) is 2.28. The van der Waals surface area contributed by atoms with E-state index in [0.717, 1.165) is 12.1 Å². The number of hydrogen-bond acceptors (Lipinski definition) is 3. The normalized spacial score (nSPS) is 10.9. The van der Waals surface area contributed by atoms with Crippen molar-refractivity contribution >= 4 is 5.91 Å². The number of carbonyl (C=O) groups excluding carboxylic acids is 1. The van der Waals surface area contributed by atoms with E-state index in [1.54, 1.807) is 12.4 Å². The summed E-state index contributed by atoms with van der Waals surface area (Å²) in [4.78, 5) is 18.0. The van der Waals surface area contributed by atoms with Gasteiger partial charge in [0.2, 0.25) is 0 Å². The second kappa shape index (κ2) is 6.35. The smallest absolute Gasteiger partial charge is 0.252 e. The van der Waals surface area contributed by atoms with Gasteiger partial charge in [-0.25, -0.2) is 0 Å². The molecule has 0 saturated heterocycles. The highest BCUT2D eigenvalue weighted by Gasteiger charge is 2.08. The minimum absolute atomic E-state index is 0.0538. The fraction of sp³-hybridized carbons (Fsp3) is 0.538. The predicted octanol–water partition coefficient (Wildman–Crippen LogP) is 1.50. The van der Waals surface area contributed by atoms with Gasteiger partial charge >= 0.3 is 0 Å². The molecule has 0 unspecified atom stereocenters. The van der Waals surface area contributed by atoms with Crippen LogP contribution in [0.3, 0.4) is 0 Å². The van der Waals surface area contributed by atoms with Gasteiger partial charge in [0.05, 0.1) is 5.56 Å². The van der Waals surface area contributed by atoms with Crippen LogP contribution in [0, 0.1) is 0 Å². The van der Waals surface area contributed by atoms with Crippen molar-refractivity contribution in [1.82, 2.24) is 15.2 Å². The first-order valence-electron chi connectivity index (χ1n) is 5.88. The van der Waals surface area contributed by atoms with Crippen LogP contribution in [-0.4, -0.2) is 43.0 Å². The first-order valence-corrected chi connectivity index (χ1v) is 5.88. The standard InChI is InChI=1S/C13H21N3O/c1-10(2)11-7-12(9-14-8-11)13(17)15-5-6-16(3)4/h7-10H,5-6H2,1-4H3,(H,15,17). The quantitative estimate of drug-likeness (QED) is 0.841. The summed E-state index contributed by atoms with van der Waals surface area (Å²) in [5, 5.41) is 2.88. The molecule has 0 aliphatic heterocycles. The Hall–Kier alpha value is -1.42. The third-order valence-corrected chi connectivity index (χ3v) is 2.53. The fourth-order valence-corrected chi connectivity index (χ4v) is 1.39. The number of likely N-dealkylation sites (N-methyl/N-ethyl adjacent to an activating group) is 1. The Morgan fingerprint density at radius 3 is 2.71 bits per heavy atom. The number of carbonyl (C=O) groups is 1.